The highest BCUT2D eigenvalue weighted by Crippen LogP contribution is 2.26. The van der Waals surface area contributed by atoms with Crippen molar-refractivity contribution in [3.05, 3.63) is 34.0 Å². The van der Waals surface area contributed by atoms with Gasteiger partial charge in [-0.1, -0.05) is 6.92 Å². The number of hydrogen-bond acceptors (Lipinski definition) is 5. The maximum atomic E-state index is 5.69. The molecule has 0 aliphatic carbocycles. The van der Waals surface area contributed by atoms with Crippen molar-refractivity contribution in [3.63, 3.8) is 0 Å². The van der Waals surface area contributed by atoms with Gasteiger partial charge >= 0.3 is 0 Å². The second-order valence-electron chi connectivity index (χ2n) is 4.08. The summed E-state index contributed by atoms with van der Waals surface area (Å²) in [5.74, 6) is 6.66. The first kappa shape index (κ1) is 13.2. The van der Waals surface area contributed by atoms with E-state index >= 15 is 0 Å². The Morgan fingerprint density at radius 3 is 3.00 bits per heavy atom. The van der Waals surface area contributed by atoms with Crippen molar-refractivity contribution in [1.29, 1.82) is 0 Å². The average molecular weight is 265 g/mol. The first-order valence-corrected chi connectivity index (χ1v) is 7.07. The number of nitrogens with zero attached hydrogens (tertiary/aromatic N) is 3. The quantitative estimate of drug-likeness (QED) is 0.616. The van der Waals surface area contributed by atoms with Crippen LogP contribution in [0.4, 0.5) is 0 Å². The van der Waals surface area contributed by atoms with E-state index in [1.54, 1.807) is 17.7 Å². The third kappa shape index (κ3) is 2.60. The van der Waals surface area contributed by atoms with E-state index in [9.17, 15) is 0 Å². The lowest BCUT2D eigenvalue weighted by atomic mass is 10.1. The molecule has 2 aromatic rings. The fourth-order valence-electron chi connectivity index (χ4n) is 2.07. The topological polar surface area (TPSA) is 68.8 Å². The predicted octanol–water partition coefficient (Wildman–Crippen LogP) is 1.67. The zero-order valence-electron chi connectivity index (χ0n) is 10.8. The molecule has 0 radical (unpaired) electrons. The number of rotatable bonds is 6. The van der Waals surface area contributed by atoms with Crippen LogP contribution in [0.3, 0.4) is 0 Å². The average Bonchev–Trinajstić information content (AvgIpc) is 3.03. The highest BCUT2D eigenvalue weighted by Gasteiger charge is 2.18. The fraction of sp³-hybridized carbons (Fsp3) is 0.500. The van der Waals surface area contributed by atoms with Crippen molar-refractivity contribution in [2.45, 2.75) is 39.3 Å². The molecule has 1 unspecified atom stereocenters. The number of aromatic nitrogens is 3. The second kappa shape index (κ2) is 6.08. The third-order valence-electron chi connectivity index (χ3n) is 3.06. The number of hydrogen-bond donors (Lipinski definition) is 2. The lowest BCUT2D eigenvalue weighted by molar-refractivity contribution is 0.514. The van der Waals surface area contributed by atoms with Crippen LogP contribution in [0.15, 0.2) is 17.8 Å². The van der Waals surface area contributed by atoms with Crippen LogP contribution < -0.4 is 11.3 Å². The number of nitrogens with two attached hydrogens (primary N) is 1. The lowest BCUT2D eigenvalue weighted by Gasteiger charge is -2.16. The van der Waals surface area contributed by atoms with Crippen LogP contribution in [-0.4, -0.2) is 14.8 Å². The minimum absolute atomic E-state index is 0.106. The largest absolute Gasteiger partial charge is 0.271 e. The summed E-state index contributed by atoms with van der Waals surface area (Å²) in [5.41, 5.74) is 4.25. The van der Waals surface area contributed by atoms with E-state index in [0.717, 1.165) is 25.2 Å². The predicted molar refractivity (Wildman–Crippen MR) is 73.2 cm³/mol. The van der Waals surface area contributed by atoms with Crippen LogP contribution >= 0.6 is 11.3 Å². The molecule has 0 aliphatic rings. The summed E-state index contributed by atoms with van der Waals surface area (Å²) in [4.78, 5) is 5.60. The monoisotopic (exact) mass is 265 g/mol. The van der Waals surface area contributed by atoms with Crippen molar-refractivity contribution in [3.8, 4) is 0 Å². The molecule has 2 rings (SSSR count). The van der Waals surface area contributed by atoms with Crippen molar-refractivity contribution in [2.75, 3.05) is 0 Å². The van der Waals surface area contributed by atoms with Gasteiger partial charge in [0, 0.05) is 17.8 Å². The van der Waals surface area contributed by atoms with Crippen molar-refractivity contribution >= 4 is 11.3 Å². The van der Waals surface area contributed by atoms with Crippen LogP contribution in [0.1, 0.15) is 36.2 Å². The van der Waals surface area contributed by atoms with Crippen LogP contribution in [0.5, 0.6) is 0 Å². The molecule has 2 heterocycles. The molecule has 0 aromatic carbocycles. The van der Waals surface area contributed by atoms with Crippen molar-refractivity contribution in [2.24, 2.45) is 5.84 Å². The van der Waals surface area contributed by atoms with Gasteiger partial charge in [-0.05, 0) is 30.4 Å². The van der Waals surface area contributed by atoms with Gasteiger partial charge < -0.3 is 0 Å². The van der Waals surface area contributed by atoms with Gasteiger partial charge in [0.1, 0.15) is 12.2 Å². The molecule has 0 amide bonds. The molecule has 0 saturated heterocycles. The molecule has 6 heteroatoms. The van der Waals surface area contributed by atoms with Gasteiger partial charge in [-0.3, -0.25) is 16.0 Å². The molecule has 0 aliphatic heterocycles. The van der Waals surface area contributed by atoms with Crippen LogP contribution in [0.25, 0.3) is 0 Å². The Hall–Kier alpha value is -1.24. The summed E-state index contributed by atoms with van der Waals surface area (Å²) in [6.07, 6.45) is 3.39. The van der Waals surface area contributed by atoms with Crippen molar-refractivity contribution < 1.29 is 0 Å². The van der Waals surface area contributed by atoms with Gasteiger partial charge in [0.25, 0.3) is 0 Å². The Bertz CT molecular complexity index is 490. The zero-order chi connectivity index (χ0) is 13.0. The van der Waals surface area contributed by atoms with Gasteiger partial charge in [-0.25, -0.2) is 4.98 Å². The molecule has 18 heavy (non-hydrogen) atoms. The summed E-state index contributed by atoms with van der Waals surface area (Å²) in [7, 11) is 0. The SMILES string of the molecule is CCc1ccsc1C(Cc1ncnn1CC)NN. The van der Waals surface area contributed by atoms with Crippen LogP contribution in [-0.2, 0) is 19.4 Å². The smallest absolute Gasteiger partial charge is 0.138 e. The summed E-state index contributed by atoms with van der Waals surface area (Å²) in [6.45, 7) is 5.05. The Balaban J connectivity index is 2.20. The lowest BCUT2D eigenvalue weighted by Crippen LogP contribution is -2.30. The van der Waals surface area contributed by atoms with E-state index in [0.29, 0.717) is 0 Å². The Labute approximate surface area is 111 Å². The molecule has 0 fully saturated rings. The molecule has 1 atom stereocenters. The van der Waals surface area contributed by atoms with E-state index in [-0.39, 0.29) is 6.04 Å². The van der Waals surface area contributed by atoms with Gasteiger partial charge in [0.15, 0.2) is 0 Å². The van der Waals surface area contributed by atoms with Gasteiger partial charge in [-0.2, -0.15) is 5.10 Å². The molecule has 2 aromatic heterocycles. The highest BCUT2D eigenvalue weighted by atomic mass is 32.1. The Morgan fingerprint density at radius 1 is 1.50 bits per heavy atom. The Morgan fingerprint density at radius 2 is 2.33 bits per heavy atom. The number of thiophene rings is 1. The van der Waals surface area contributed by atoms with E-state index in [2.05, 4.69) is 40.8 Å². The zero-order valence-corrected chi connectivity index (χ0v) is 11.6. The van der Waals surface area contributed by atoms with Crippen LogP contribution in [0.2, 0.25) is 0 Å². The minimum Gasteiger partial charge on any atom is -0.271 e. The maximum Gasteiger partial charge on any atom is 0.138 e. The molecule has 0 bridgehead atoms. The van der Waals surface area contributed by atoms with Gasteiger partial charge in [0.2, 0.25) is 0 Å². The van der Waals surface area contributed by atoms with E-state index in [4.69, 9.17) is 5.84 Å². The highest BCUT2D eigenvalue weighted by molar-refractivity contribution is 7.10. The first-order chi connectivity index (χ1) is 8.80. The molecule has 0 saturated carbocycles. The molecule has 98 valence electrons. The van der Waals surface area contributed by atoms with Crippen molar-refractivity contribution in [1.82, 2.24) is 20.2 Å². The fourth-order valence-corrected chi connectivity index (χ4v) is 3.12. The van der Waals surface area contributed by atoms with E-state index in [1.807, 2.05) is 4.68 Å². The van der Waals surface area contributed by atoms with E-state index < -0.39 is 0 Å². The standard InChI is InChI=1S/C12H19N5S/c1-3-9-5-6-18-12(9)10(16-13)7-11-14-8-15-17(11)4-2/h5-6,8,10,16H,3-4,7,13H2,1-2H3. The summed E-state index contributed by atoms with van der Waals surface area (Å²) < 4.78 is 1.91. The maximum absolute atomic E-state index is 5.69. The number of hydrazine groups is 1. The minimum atomic E-state index is 0.106. The third-order valence-corrected chi connectivity index (χ3v) is 4.13. The van der Waals surface area contributed by atoms with Gasteiger partial charge in [0.05, 0.1) is 6.04 Å². The molecule has 0 spiro atoms. The van der Waals surface area contributed by atoms with E-state index in [1.165, 1.54) is 10.4 Å². The molecule has 5 nitrogen and oxygen atoms in total. The number of aryl methyl sites for hydroxylation is 2. The molecular formula is C12H19N5S. The van der Waals surface area contributed by atoms with Crippen LogP contribution in [0, 0.1) is 0 Å². The summed E-state index contributed by atoms with van der Waals surface area (Å²) in [5, 5.41) is 6.30. The second-order valence-corrected chi connectivity index (χ2v) is 5.03. The molecular weight excluding hydrogens is 246 g/mol. The van der Waals surface area contributed by atoms with Gasteiger partial charge in [-0.15, -0.1) is 11.3 Å². The Kier molecular flexibility index (Phi) is 4.46. The normalized spacial score (nSPS) is 12.8. The summed E-state index contributed by atoms with van der Waals surface area (Å²) >= 11 is 1.74. The molecule has 3 N–H and O–H groups in total. The first-order valence-electron chi connectivity index (χ1n) is 6.19. The summed E-state index contributed by atoms with van der Waals surface area (Å²) in [6, 6.07) is 2.27. The number of nitrogens with one attached hydrogen (secondary N) is 1.